The number of hydrogen-bond donors (Lipinski definition) is 0. The van der Waals surface area contributed by atoms with Gasteiger partial charge in [-0.25, -0.2) is 8.42 Å². The minimum absolute atomic E-state index is 0.0458. The second-order valence-electron chi connectivity index (χ2n) is 6.94. The molecule has 1 fully saturated rings. The van der Waals surface area contributed by atoms with Crippen LogP contribution in [0.3, 0.4) is 0 Å². The number of carbonyl (C=O) groups excluding carboxylic acids is 1. The zero-order chi connectivity index (χ0) is 18.1. The predicted molar refractivity (Wildman–Crippen MR) is 95.2 cm³/mol. The number of carbonyl (C=O) groups is 1. The van der Waals surface area contributed by atoms with Crippen molar-refractivity contribution in [2.75, 3.05) is 18.6 Å². The average molecular weight is 353 g/mol. The molecular weight excluding hydrogens is 326 g/mol. The van der Waals surface area contributed by atoms with Crippen molar-refractivity contribution in [2.24, 2.45) is 0 Å². The molecule has 1 saturated heterocycles. The summed E-state index contributed by atoms with van der Waals surface area (Å²) in [6.45, 7) is 8.01. The van der Waals surface area contributed by atoms with E-state index in [1.165, 1.54) is 10.5 Å². The van der Waals surface area contributed by atoms with Crippen LogP contribution in [0.15, 0.2) is 18.2 Å². The van der Waals surface area contributed by atoms with Gasteiger partial charge in [0.25, 0.3) is 5.91 Å². The molecule has 0 radical (unpaired) electrons. The molecule has 1 aliphatic heterocycles. The maximum Gasteiger partial charge on any atom is 0.263 e. The second-order valence-corrected chi connectivity index (χ2v) is 9.17. The summed E-state index contributed by atoms with van der Waals surface area (Å²) in [6.07, 6.45) is -0.151. The van der Waals surface area contributed by atoms with E-state index in [-0.39, 0.29) is 23.5 Å². The van der Waals surface area contributed by atoms with E-state index in [1.54, 1.807) is 14.0 Å². The molecule has 0 bridgehead atoms. The molecule has 5 nitrogen and oxygen atoms in total. The zero-order valence-corrected chi connectivity index (χ0v) is 15.9. The maximum absolute atomic E-state index is 12.5. The van der Waals surface area contributed by atoms with Crippen molar-refractivity contribution in [2.45, 2.75) is 52.2 Å². The molecule has 1 aromatic rings. The van der Waals surface area contributed by atoms with Crippen LogP contribution in [0.5, 0.6) is 5.75 Å². The Morgan fingerprint density at radius 3 is 2.46 bits per heavy atom. The number of aryl methyl sites for hydroxylation is 1. The Kier molecular flexibility index (Phi) is 5.58. The van der Waals surface area contributed by atoms with Crippen LogP contribution in [0.4, 0.5) is 0 Å². The lowest BCUT2D eigenvalue weighted by Crippen LogP contribution is -2.44. The van der Waals surface area contributed by atoms with Crippen molar-refractivity contribution in [1.29, 1.82) is 0 Å². The van der Waals surface area contributed by atoms with E-state index < -0.39 is 15.9 Å². The summed E-state index contributed by atoms with van der Waals surface area (Å²) in [5.74, 6) is 1.10. The molecule has 2 rings (SSSR count). The van der Waals surface area contributed by atoms with Gasteiger partial charge in [-0.3, -0.25) is 4.79 Å². The largest absolute Gasteiger partial charge is 0.481 e. The van der Waals surface area contributed by atoms with Crippen molar-refractivity contribution >= 4 is 15.7 Å². The monoisotopic (exact) mass is 353 g/mol. The molecule has 1 heterocycles. The third-order valence-corrected chi connectivity index (χ3v) is 6.38. The van der Waals surface area contributed by atoms with Gasteiger partial charge in [-0.2, -0.15) is 0 Å². The van der Waals surface area contributed by atoms with Gasteiger partial charge in [0.05, 0.1) is 11.5 Å². The number of hydrogen-bond acceptors (Lipinski definition) is 4. The highest BCUT2D eigenvalue weighted by Crippen LogP contribution is 2.25. The second kappa shape index (κ2) is 7.13. The fourth-order valence-electron chi connectivity index (χ4n) is 3.17. The molecule has 6 heteroatoms. The van der Waals surface area contributed by atoms with Gasteiger partial charge in [0.1, 0.15) is 5.75 Å². The first-order valence-corrected chi connectivity index (χ1v) is 10.2. The summed E-state index contributed by atoms with van der Waals surface area (Å²) in [5.41, 5.74) is 2.40. The Hall–Kier alpha value is -1.56. The fourth-order valence-corrected chi connectivity index (χ4v) is 4.95. The topological polar surface area (TPSA) is 63.7 Å². The lowest BCUT2D eigenvalue weighted by molar-refractivity contribution is -0.138. The molecule has 1 amide bonds. The van der Waals surface area contributed by atoms with Crippen LogP contribution in [-0.4, -0.2) is 49.9 Å². The number of ether oxygens (including phenoxy) is 1. The molecule has 134 valence electrons. The normalized spacial score (nSPS) is 20.8. The summed E-state index contributed by atoms with van der Waals surface area (Å²) in [4.78, 5) is 14.0. The van der Waals surface area contributed by atoms with Gasteiger partial charge in [-0.15, -0.1) is 0 Å². The first-order chi connectivity index (χ1) is 11.1. The lowest BCUT2D eigenvalue weighted by atomic mass is 9.98. The summed E-state index contributed by atoms with van der Waals surface area (Å²) in [7, 11) is -1.36. The van der Waals surface area contributed by atoms with Gasteiger partial charge in [-0.1, -0.05) is 19.9 Å². The molecule has 24 heavy (non-hydrogen) atoms. The highest BCUT2D eigenvalue weighted by Gasteiger charge is 2.34. The van der Waals surface area contributed by atoms with Crippen molar-refractivity contribution in [3.05, 3.63) is 29.3 Å². The molecule has 0 saturated carbocycles. The summed E-state index contributed by atoms with van der Waals surface area (Å²) in [5, 5.41) is 0. The molecule has 1 aliphatic rings. The van der Waals surface area contributed by atoms with Crippen LogP contribution in [0.25, 0.3) is 0 Å². The van der Waals surface area contributed by atoms with Crippen LogP contribution in [-0.2, 0) is 14.6 Å². The summed E-state index contributed by atoms with van der Waals surface area (Å²) < 4.78 is 29.0. The number of nitrogens with zero attached hydrogens (tertiary/aromatic N) is 1. The first kappa shape index (κ1) is 18.8. The van der Waals surface area contributed by atoms with Gasteiger partial charge in [0, 0.05) is 13.1 Å². The number of rotatable bonds is 5. The van der Waals surface area contributed by atoms with Crippen LogP contribution in [0, 0.1) is 6.92 Å². The van der Waals surface area contributed by atoms with Crippen molar-refractivity contribution in [3.63, 3.8) is 0 Å². The highest BCUT2D eigenvalue weighted by atomic mass is 32.2. The predicted octanol–water partition coefficient (Wildman–Crippen LogP) is 2.53. The molecule has 0 spiro atoms. The number of amides is 1. The molecule has 2 unspecified atom stereocenters. The molecule has 1 aromatic carbocycles. The van der Waals surface area contributed by atoms with E-state index >= 15 is 0 Å². The Labute approximate surface area is 144 Å². The van der Waals surface area contributed by atoms with Crippen LogP contribution >= 0.6 is 0 Å². The van der Waals surface area contributed by atoms with Gasteiger partial charge in [0.2, 0.25) is 0 Å². The number of sulfone groups is 1. The van der Waals surface area contributed by atoms with E-state index in [1.807, 2.05) is 25.1 Å². The van der Waals surface area contributed by atoms with Crippen molar-refractivity contribution in [3.8, 4) is 5.75 Å². The lowest BCUT2D eigenvalue weighted by Gasteiger charge is -2.27. The van der Waals surface area contributed by atoms with E-state index in [2.05, 4.69) is 13.8 Å². The Morgan fingerprint density at radius 1 is 1.29 bits per heavy atom. The van der Waals surface area contributed by atoms with E-state index in [0.29, 0.717) is 18.1 Å². The average Bonchev–Trinajstić information content (AvgIpc) is 2.85. The summed E-state index contributed by atoms with van der Waals surface area (Å²) in [6, 6.07) is 5.60. The quantitative estimate of drug-likeness (QED) is 0.816. The fraction of sp³-hybridized carbons (Fsp3) is 0.611. The Bertz CT molecular complexity index is 712. The maximum atomic E-state index is 12.5. The summed E-state index contributed by atoms with van der Waals surface area (Å²) >= 11 is 0. The van der Waals surface area contributed by atoms with Crippen LogP contribution in [0.1, 0.15) is 44.2 Å². The Morgan fingerprint density at radius 2 is 1.96 bits per heavy atom. The zero-order valence-electron chi connectivity index (χ0n) is 15.1. The molecule has 2 atom stereocenters. The van der Waals surface area contributed by atoms with E-state index in [9.17, 15) is 13.2 Å². The van der Waals surface area contributed by atoms with E-state index in [0.717, 1.165) is 5.56 Å². The molecule has 0 aliphatic carbocycles. The van der Waals surface area contributed by atoms with E-state index in [4.69, 9.17) is 4.74 Å². The third kappa shape index (κ3) is 4.29. The van der Waals surface area contributed by atoms with Crippen molar-refractivity contribution < 1.29 is 17.9 Å². The number of likely N-dealkylation sites (N-methyl/N-ethyl adjacent to an activating group) is 1. The van der Waals surface area contributed by atoms with Crippen LogP contribution < -0.4 is 4.74 Å². The SMILES string of the molecule is Cc1cc(OC(C)C(=O)N(C)C2CCS(=O)(=O)C2)ccc1C(C)C. The molecule has 0 aromatic heterocycles. The van der Waals surface area contributed by atoms with Gasteiger partial charge < -0.3 is 9.64 Å². The highest BCUT2D eigenvalue weighted by molar-refractivity contribution is 7.91. The molecule has 0 N–H and O–H groups in total. The smallest absolute Gasteiger partial charge is 0.263 e. The van der Waals surface area contributed by atoms with Crippen LogP contribution in [0.2, 0.25) is 0 Å². The molecular formula is C18H27NO4S. The minimum Gasteiger partial charge on any atom is -0.481 e. The Balaban J connectivity index is 2.02. The van der Waals surface area contributed by atoms with Crippen molar-refractivity contribution in [1.82, 2.24) is 4.90 Å². The first-order valence-electron chi connectivity index (χ1n) is 8.35. The van der Waals surface area contributed by atoms with Gasteiger partial charge in [0.15, 0.2) is 15.9 Å². The number of benzene rings is 1. The standard InChI is InChI=1S/C18H27NO4S/c1-12(2)17-7-6-16(10-13(17)3)23-14(4)18(20)19(5)15-8-9-24(21,22)11-15/h6-7,10,12,14-15H,8-9,11H2,1-5H3. The van der Waals surface area contributed by atoms with Gasteiger partial charge in [-0.05, 0) is 49.4 Å². The van der Waals surface area contributed by atoms with Gasteiger partial charge >= 0.3 is 0 Å². The minimum atomic E-state index is -3.01. The third-order valence-electron chi connectivity index (χ3n) is 4.63.